The number of aromatic nitrogens is 1. The maximum absolute atomic E-state index is 10.4. The molecule has 1 saturated heterocycles. The number of piperidine rings is 1. The van der Waals surface area contributed by atoms with Gasteiger partial charge in [-0.25, -0.2) is 0 Å². The molecule has 6 nitrogen and oxygen atoms in total. The lowest BCUT2D eigenvalue weighted by Crippen LogP contribution is -2.42. The molecule has 0 saturated carbocycles. The Kier molecular flexibility index (Phi) is 6.32. The number of aromatic amines is 1. The molecule has 5 rings (SSSR count). The Labute approximate surface area is 195 Å². The van der Waals surface area contributed by atoms with E-state index >= 15 is 0 Å². The molecule has 0 amide bonds. The molecule has 0 bridgehead atoms. The van der Waals surface area contributed by atoms with Gasteiger partial charge in [-0.2, -0.15) is 0 Å². The summed E-state index contributed by atoms with van der Waals surface area (Å²) < 4.78 is 6.38. The molecule has 0 spiro atoms. The van der Waals surface area contributed by atoms with E-state index in [2.05, 4.69) is 41.1 Å². The number of phenolic OH excluding ortho intramolecular Hbond substituents is 2. The SMILES string of the molecule is Cc1[nH]c2ccccc2c1CCCN1CCC([C@H]2Cc3c(ccc(O)c3O)[C@@H](CN)O2)CC1. The van der Waals surface area contributed by atoms with Crippen molar-refractivity contribution in [2.24, 2.45) is 11.7 Å². The van der Waals surface area contributed by atoms with Gasteiger partial charge in [-0.05, 0) is 81.4 Å². The fourth-order valence-electron chi connectivity index (χ4n) is 5.83. The molecular weight excluding hydrogens is 414 g/mol. The number of hydrogen-bond acceptors (Lipinski definition) is 5. The first kappa shape index (κ1) is 22.3. The predicted octanol–water partition coefficient (Wildman–Crippen LogP) is 4.17. The first-order chi connectivity index (χ1) is 16.0. The number of aryl methyl sites for hydroxylation is 2. The topological polar surface area (TPSA) is 94.7 Å². The van der Waals surface area contributed by atoms with Crippen LogP contribution in [0.1, 0.15) is 47.8 Å². The van der Waals surface area contributed by atoms with E-state index in [1.807, 2.05) is 6.07 Å². The van der Waals surface area contributed by atoms with Gasteiger partial charge < -0.3 is 30.6 Å². The third kappa shape index (κ3) is 4.35. The first-order valence-corrected chi connectivity index (χ1v) is 12.2. The average molecular weight is 450 g/mol. The minimum Gasteiger partial charge on any atom is -0.504 e. The van der Waals surface area contributed by atoms with E-state index in [0.29, 0.717) is 18.9 Å². The maximum atomic E-state index is 10.4. The summed E-state index contributed by atoms with van der Waals surface area (Å²) in [5.74, 6) is 0.371. The van der Waals surface area contributed by atoms with Crippen molar-refractivity contribution >= 4 is 10.9 Å². The van der Waals surface area contributed by atoms with Gasteiger partial charge in [0, 0.05) is 35.1 Å². The van der Waals surface area contributed by atoms with Crippen LogP contribution in [0.3, 0.4) is 0 Å². The van der Waals surface area contributed by atoms with Crippen LogP contribution in [0.2, 0.25) is 0 Å². The number of likely N-dealkylation sites (tertiary alicyclic amines) is 1. The number of para-hydroxylation sites is 1. The fraction of sp³-hybridized carbons (Fsp3) is 0.481. The Hall–Kier alpha value is -2.54. The van der Waals surface area contributed by atoms with Gasteiger partial charge in [-0.1, -0.05) is 24.3 Å². The third-order valence-corrected chi connectivity index (χ3v) is 7.69. The van der Waals surface area contributed by atoms with Gasteiger partial charge >= 0.3 is 0 Å². The number of hydrogen-bond donors (Lipinski definition) is 4. The molecule has 0 aliphatic carbocycles. The summed E-state index contributed by atoms with van der Waals surface area (Å²) in [4.78, 5) is 6.08. The second kappa shape index (κ2) is 9.37. The quantitative estimate of drug-likeness (QED) is 0.424. The van der Waals surface area contributed by atoms with Crippen LogP contribution in [-0.4, -0.2) is 52.4 Å². The highest BCUT2D eigenvalue weighted by atomic mass is 16.5. The molecule has 6 heteroatoms. The number of nitrogens with zero attached hydrogens (tertiary/aromatic N) is 1. The second-order valence-electron chi connectivity index (χ2n) is 9.66. The lowest BCUT2D eigenvalue weighted by molar-refractivity contribution is -0.0647. The molecule has 176 valence electrons. The number of aromatic hydroxyl groups is 2. The van der Waals surface area contributed by atoms with Gasteiger partial charge in [-0.3, -0.25) is 0 Å². The van der Waals surface area contributed by atoms with Crippen molar-refractivity contribution in [3.63, 3.8) is 0 Å². The number of phenols is 2. The Morgan fingerprint density at radius 3 is 2.70 bits per heavy atom. The summed E-state index contributed by atoms with van der Waals surface area (Å²) in [6.45, 7) is 5.81. The van der Waals surface area contributed by atoms with Crippen molar-refractivity contribution in [2.75, 3.05) is 26.2 Å². The Bertz CT molecular complexity index is 1120. The number of ether oxygens (including phenoxy) is 1. The molecule has 2 atom stereocenters. The molecule has 2 aliphatic rings. The molecular formula is C27H35N3O3. The van der Waals surface area contributed by atoms with Crippen LogP contribution < -0.4 is 5.73 Å². The predicted molar refractivity (Wildman–Crippen MR) is 131 cm³/mol. The summed E-state index contributed by atoms with van der Waals surface area (Å²) >= 11 is 0. The highest BCUT2D eigenvalue weighted by Gasteiger charge is 2.35. The van der Waals surface area contributed by atoms with E-state index in [1.54, 1.807) is 0 Å². The minimum absolute atomic E-state index is 0.00994. The zero-order valence-electron chi connectivity index (χ0n) is 19.4. The highest BCUT2D eigenvalue weighted by molar-refractivity contribution is 5.84. The van der Waals surface area contributed by atoms with E-state index in [9.17, 15) is 10.2 Å². The van der Waals surface area contributed by atoms with Gasteiger partial charge in [0.1, 0.15) is 0 Å². The first-order valence-electron chi connectivity index (χ1n) is 12.2. The van der Waals surface area contributed by atoms with Gasteiger partial charge in [-0.15, -0.1) is 0 Å². The maximum Gasteiger partial charge on any atom is 0.161 e. The summed E-state index contributed by atoms with van der Waals surface area (Å²) in [6, 6.07) is 11.9. The average Bonchev–Trinajstić information content (AvgIpc) is 3.16. The highest BCUT2D eigenvalue weighted by Crippen LogP contribution is 2.42. The van der Waals surface area contributed by atoms with Crippen LogP contribution in [0.15, 0.2) is 36.4 Å². The van der Waals surface area contributed by atoms with Gasteiger partial charge in [0.25, 0.3) is 0 Å². The van der Waals surface area contributed by atoms with Crippen molar-refractivity contribution in [2.45, 2.75) is 51.2 Å². The molecule has 2 aliphatic heterocycles. The van der Waals surface area contributed by atoms with Gasteiger partial charge in [0.05, 0.1) is 12.2 Å². The second-order valence-corrected chi connectivity index (χ2v) is 9.66. The smallest absolute Gasteiger partial charge is 0.161 e. The van der Waals surface area contributed by atoms with E-state index in [0.717, 1.165) is 56.4 Å². The third-order valence-electron chi connectivity index (χ3n) is 7.69. The van der Waals surface area contributed by atoms with Gasteiger partial charge in [0.2, 0.25) is 0 Å². The van der Waals surface area contributed by atoms with Crippen molar-refractivity contribution in [3.05, 3.63) is 58.8 Å². The Balaban J connectivity index is 1.16. The molecule has 33 heavy (non-hydrogen) atoms. The largest absolute Gasteiger partial charge is 0.504 e. The number of benzene rings is 2. The normalized spacial score (nSPS) is 22.0. The zero-order valence-corrected chi connectivity index (χ0v) is 19.4. The lowest BCUT2D eigenvalue weighted by Gasteiger charge is -2.40. The molecule has 2 aromatic carbocycles. The van der Waals surface area contributed by atoms with Crippen LogP contribution >= 0.6 is 0 Å². The summed E-state index contributed by atoms with van der Waals surface area (Å²) in [7, 11) is 0. The Morgan fingerprint density at radius 2 is 1.91 bits per heavy atom. The van der Waals surface area contributed by atoms with Gasteiger partial charge in [0.15, 0.2) is 11.5 Å². The van der Waals surface area contributed by atoms with Crippen molar-refractivity contribution in [1.82, 2.24) is 9.88 Å². The summed E-state index contributed by atoms with van der Waals surface area (Å²) in [5.41, 5.74) is 11.7. The van der Waals surface area contributed by atoms with Crippen molar-refractivity contribution in [1.29, 1.82) is 0 Å². The fourth-order valence-corrected chi connectivity index (χ4v) is 5.83. The zero-order chi connectivity index (χ0) is 22.9. The monoisotopic (exact) mass is 449 g/mol. The van der Waals surface area contributed by atoms with E-state index in [-0.39, 0.29) is 23.7 Å². The molecule has 3 heterocycles. The molecule has 0 unspecified atom stereocenters. The van der Waals surface area contributed by atoms with Crippen molar-refractivity contribution in [3.8, 4) is 11.5 Å². The molecule has 3 aromatic rings. The number of fused-ring (bicyclic) bond motifs is 2. The van der Waals surface area contributed by atoms with E-state index in [4.69, 9.17) is 10.5 Å². The van der Waals surface area contributed by atoms with Crippen LogP contribution in [0, 0.1) is 12.8 Å². The molecule has 5 N–H and O–H groups in total. The van der Waals surface area contributed by atoms with Crippen LogP contribution in [0.4, 0.5) is 0 Å². The van der Waals surface area contributed by atoms with Crippen LogP contribution in [0.5, 0.6) is 11.5 Å². The van der Waals surface area contributed by atoms with E-state index < -0.39 is 0 Å². The Morgan fingerprint density at radius 1 is 1.12 bits per heavy atom. The van der Waals surface area contributed by atoms with Crippen LogP contribution in [-0.2, 0) is 17.6 Å². The minimum atomic E-state index is -0.220. The number of rotatable bonds is 6. The van der Waals surface area contributed by atoms with E-state index in [1.165, 1.54) is 28.2 Å². The number of H-pyrrole nitrogens is 1. The lowest BCUT2D eigenvalue weighted by atomic mass is 9.83. The molecule has 1 aromatic heterocycles. The summed E-state index contributed by atoms with van der Waals surface area (Å²) in [5, 5.41) is 21.7. The standard InChI is InChI=1S/C27H35N3O3/c1-17-19(20-5-2-3-7-23(20)29-17)6-4-12-30-13-10-18(11-14-30)25-15-22-21(26(16-28)33-25)8-9-24(31)27(22)32/h2-3,5,7-9,18,25-26,29,31-32H,4,6,10-16,28H2,1H3/t25-,26-/m1/s1. The molecule has 1 fully saturated rings. The summed E-state index contributed by atoms with van der Waals surface area (Å²) in [6.07, 6.45) is 4.88. The number of nitrogens with one attached hydrogen (secondary N) is 1. The molecule has 0 radical (unpaired) electrons. The number of nitrogens with two attached hydrogens (primary N) is 1. The van der Waals surface area contributed by atoms with Crippen LogP contribution in [0.25, 0.3) is 10.9 Å². The van der Waals surface area contributed by atoms with Crippen molar-refractivity contribution < 1.29 is 14.9 Å².